The van der Waals surface area contributed by atoms with Gasteiger partial charge in [0.2, 0.25) is 0 Å². The lowest BCUT2D eigenvalue weighted by atomic mass is 9.90. The molecule has 0 bridgehead atoms. The molecule has 2 aromatic rings. The molecule has 1 N–H and O–H groups in total. The average molecular weight is 216 g/mol. The molecule has 16 heavy (non-hydrogen) atoms. The van der Waals surface area contributed by atoms with Crippen molar-refractivity contribution in [3.8, 4) is 11.4 Å². The number of benzene rings is 1. The summed E-state index contributed by atoms with van der Waals surface area (Å²) in [4.78, 5) is 0. The molecule has 0 saturated carbocycles. The Morgan fingerprint density at radius 2 is 1.75 bits per heavy atom. The van der Waals surface area contributed by atoms with Gasteiger partial charge in [0.1, 0.15) is 5.75 Å². The van der Waals surface area contributed by atoms with Crippen LogP contribution in [0.25, 0.3) is 5.69 Å². The number of aromatic hydroxyl groups is 1. The van der Waals surface area contributed by atoms with E-state index in [0.717, 1.165) is 5.69 Å². The fraction of sp³-hybridized carbons (Fsp3) is 0.308. The van der Waals surface area contributed by atoms with E-state index in [4.69, 9.17) is 0 Å². The first kappa shape index (κ1) is 10.7. The van der Waals surface area contributed by atoms with Crippen LogP contribution in [0.3, 0.4) is 0 Å². The van der Waals surface area contributed by atoms with Gasteiger partial charge in [-0.05, 0) is 35.2 Å². The smallest absolute Gasteiger partial charge is 0.115 e. The molecular formula is C13H16N2O. The maximum Gasteiger partial charge on any atom is 0.115 e. The van der Waals surface area contributed by atoms with E-state index >= 15 is 0 Å². The van der Waals surface area contributed by atoms with Gasteiger partial charge in [0, 0.05) is 6.20 Å². The van der Waals surface area contributed by atoms with E-state index in [0.29, 0.717) is 0 Å². The predicted octanol–water partition coefficient (Wildman–Crippen LogP) is 2.88. The van der Waals surface area contributed by atoms with Gasteiger partial charge in [-0.2, -0.15) is 5.10 Å². The molecule has 84 valence electrons. The van der Waals surface area contributed by atoms with Crippen LogP contribution in [0.1, 0.15) is 26.3 Å². The van der Waals surface area contributed by atoms with Crippen LogP contribution in [0, 0.1) is 0 Å². The highest BCUT2D eigenvalue weighted by Crippen LogP contribution is 2.22. The van der Waals surface area contributed by atoms with Crippen molar-refractivity contribution in [2.75, 3.05) is 0 Å². The van der Waals surface area contributed by atoms with Crippen LogP contribution in [0.5, 0.6) is 5.75 Å². The number of rotatable bonds is 1. The van der Waals surface area contributed by atoms with Crippen LogP contribution in [0.2, 0.25) is 0 Å². The molecule has 0 amide bonds. The molecule has 0 unspecified atom stereocenters. The first-order chi connectivity index (χ1) is 7.47. The van der Waals surface area contributed by atoms with Crippen LogP contribution >= 0.6 is 0 Å². The summed E-state index contributed by atoms with van der Waals surface area (Å²) in [7, 11) is 0. The van der Waals surface area contributed by atoms with E-state index in [1.807, 2.05) is 29.2 Å². The number of aromatic nitrogens is 2. The molecule has 1 heterocycles. The number of hydrogen-bond acceptors (Lipinski definition) is 2. The lowest BCUT2D eigenvalue weighted by Gasteiger charge is -2.14. The Kier molecular flexibility index (Phi) is 2.46. The van der Waals surface area contributed by atoms with Crippen LogP contribution in [-0.4, -0.2) is 14.9 Å². The Hall–Kier alpha value is -1.77. The Morgan fingerprint density at radius 3 is 2.25 bits per heavy atom. The topological polar surface area (TPSA) is 38.0 Å². The molecule has 0 saturated heterocycles. The molecule has 0 radical (unpaired) electrons. The van der Waals surface area contributed by atoms with Crippen molar-refractivity contribution in [3.63, 3.8) is 0 Å². The van der Waals surface area contributed by atoms with Gasteiger partial charge >= 0.3 is 0 Å². The van der Waals surface area contributed by atoms with Gasteiger partial charge in [-0.25, -0.2) is 4.68 Å². The van der Waals surface area contributed by atoms with Gasteiger partial charge in [-0.3, -0.25) is 0 Å². The van der Waals surface area contributed by atoms with E-state index in [9.17, 15) is 5.11 Å². The number of phenolic OH excluding ortho intramolecular Hbond substituents is 1. The van der Waals surface area contributed by atoms with E-state index < -0.39 is 0 Å². The second-order valence-electron chi connectivity index (χ2n) is 4.94. The largest absolute Gasteiger partial charge is 0.508 e. The highest BCUT2D eigenvalue weighted by molar-refractivity contribution is 5.36. The minimum absolute atomic E-state index is 0.106. The summed E-state index contributed by atoms with van der Waals surface area (Å²) in [6, 6.07) is 7.01. The van der Waals surface area contributed by atoms with Crippen LogP contribution in [-0.2, 0) is 5.41 Å². The van der Waals surface area contributed by atoms with E-state index in [1.165, 1.54) is 5.56 Å². The predicted molar refractivity (Wildman–Crippen MR) is 63.9 cm³/mol. The molecule has 0 aliphatic rings. The second-order valence-corrected chi connectivity index (χ2v) is 4.94. The van der Waals surface area contributed by atoms with Crippen molar-refractivity contribution in [3.05, 3.63) is 42.2 Å². The normalized spacial score (nSPS) is 11.7. The minimum atomic E-state index is 0.106. The molecule has 3 heteroatoms. The Bertz CT molecular complexity index is 477. The number of nitrogens with zero attached hydrogens (tertiary/aromatic N) is 2. The summed E-state index contributed by atoms with van der Waals surface area (Å²) in [6.45, 7) is 6.47. The summed E-state index contributed by atoms with van der Waals surface area (Å²) in [5.41, 5.74) is 2.25. The maximum atomic E-state index is 9.21. The van der Waals surface area contributed by atoms with Gasteiger partial charge < -0.3 is 5.11 Å². The third-order valence-corrected chi connectivity index (χ3v) is 2.56. The molecule has 0 aliphatic carbocycles. The van der Waals surface area contributed by atoms with Gasteiger partial charge in [0.15, 0.2) is 0 Å². The fourth-order valence-electron chi connectivity index (χ4n) is 1.46. The zero-order valence-corrected chi connectivity index (χ0v) is 9.81. The second kappa shape index (κ2) is 3.67. The van der Waals surface area contributed by atoms with E-state index in [2.05, 4.69) is 25.9 Å². The lowest BCUT2D eigenvalue weighted by molar-refractivity contribution is 0.475. The number of phenols is 1. The minimum Gasteiger partial charge on any atom is -0.508 e. The monoisotopic (exact) mass is 216 g/mol. The molecule has 1 aromatic heterocycles. The molecule has 0 aliphatic heterocycles. The molecule has 3 nitrogen and oxygen atoms in total. The molecule has 0 atom stereocenters. The SMILES string of the molecule is CC(C)(C)c1cnn(-c2ccc(O)cc2)c1. The average Bonchev–Trinajstić information content (AvgIpc) is 2.67. The summed E-state index contributed by atoms with van der Waals surface area (Å²) in [6.07, 6.45) is 3.90. The summed E-state index contributed by atoms with van der Waals surface area (Å²) in [5.74, 6) is 0.270. The molecule has 0 spiro atoms. The standard InChI is InChI=1S/C13H16N2O/c1-13(2,3)10-8-14-15(9-10)11-4-6-12(16)7-5-11/h4-9,16H,1-3H3. The zero-order chi connectivity index (χ0) is 11.8. The van der Waals surface area contributed by atoms with Crippen LogP contribution in [0.15, 0.2) is 36.7 Å². The molecular weight excluding hydrogens is 200 g/mol. The van der Waals surface area contributed by atoms with Crippen LogP contribution in [0.4, 0.5) is 0 Å². The van der Waals surface area contributed by atoms with Gasteiger partial charge in [-0.15, -0.1) is 0 Å². The Labute approximate surface area is 95.3 Å². The van der Waals surface area contributed by atoms with Crippen molar-refractivity contribution in [1.82, 2.24) is 9.78 Å². The summed E-state index contributed by atoms with van der Waals surface area (Å²) >= 11 is 0. The summed E-state index contributed by atoms with van der Waals surface area (Å²) < 4.78 is 1.82. The van der Waals surface area contributed by atoms with Gasteiger partial charge in [0.25, 0.3) is 0 Å². The van der Waals surface area contributed by atoms with Crippen molar-refractivity contribution in [2.45, 2.75) is 26.2 Å². The maximum absolute atomic E-state index is 9.21. The summed E-state index contributed by atoms with van der Waals surface area (Å²) in [5, 5.41) is 13.5. The third-order valence-electron chi connectivity index (χ3n) is 2.56. The highest BCUT2D eigenvalue weighted by Gasteiger charge is 2.15. The first-order valence-electron chi connectivity index (χ1n) is 5.31. The zero-order valence-electron chi connectivity index (χ0n) is 9.81. The Balaban J connectivity index is 2.35. The van der Waals surface area contributed by atoms with Crippen molar-refractivity contribution < 1.29 is 5.11 Å². The van der Waals surface area contributed by atoms with Crippen LogP contribution < -0.4 is 0 Å². The van der Waals surface area contributed by atoms with Crippen molar-refractivity contribution >= 4 is 0 Å². The van der Waals surface area contributed by atoms with E-state index in [1.54, 1.807) is 12.1 Å². The van der Waals surface area contributed by atoms with Crippen molar-refractivity contribution in [2.24, 2.45) is 0 Å². The quantitative estimate of drug-likeness (QED) is 0.796. The van der Waals surface area contributed by atoms with E-state index in [-0.39, 0.29) is 11.2 Å². The lowest BCUT2D eigenvalue weighted by Crippen LogP contribution is -2.09. The van der Waals surface area contributed by atoms with Gasteiger partial charge in [0.05, 0.1) is 11.9 Å². The fourth-order valence-corrected chi connectivity index (χ4v) is 1.46. The number of hydrogen-bond donors (Lipinski definition) is 1. The van der Waals surface area contributed by atoms with Gasteiger partial charge in [-0.1, -0.05) is 20.8 Å². The third kappa shape index (κ3) is 2.08. The van der Waals surface area contributed by atoms with Crippen molar-refractivity contribution in [1.29, 1.82) is 0 Å². The first-order valence-corrected chi connectivity index (χ1v) is 5.31. The highest BCUT2D eigenvalue weighted by atomic mass is 16.3. The molecule has 0 fully saturated rings. The Morgan fingerprint density at radius 1 is 1.12 bits per heavy atom. The molecule has 2 rings (SSSR count). The molecule has 1 aromatic carbocycles.